The van der Waals surface area contributed by atoms with Crippen molar-refractivity contribution in [2.45, 2.75) is 27.2 Å². The van der Waals surface area contributed by atoms with Gasteiger partial charge < -0.3 is 10.1 Å². The van der Waals surface area contributed by atoms with E-state index in [2.05, 4.69) is 5.32 Å². The molecule has 0 aliphatic heterocycles. The van der Waals surface area contributed by atoms with E-state index in [0.29, 0.717) is 26.6 Å². The standard InChI is InChI=1S/C18H18N2O3S/c1-4-12-6-8-13(9-7-12)16(21)20-17-14(10-19)11(3)15(24-17)18(22)23-5-2/h6-9H,4-5H2,1-3H3,(H,20,21). The lowest BCUT2D eigenvalue weighted by atomic mass is 10.1. The monoisotopic (exact) mass is 342 g/mol. The van der Waals surface area contributed by atoms with Gasteiger partial charge in [-0.2, -0.15) is 5.26 Å². The number of carbonyl (C=O) groups is 2. The van der Waals surface area contributed by atoms with Crippen molar-refractivity contribution in [1.82, 2.24) is 0 Å². The lowest BCUT2D eigenvalue weighted by Crippen LogP contribution is -2.11. The highest BCUT2D eigenvalue weighted by atomic mass is 32.1. The molecule has 6 heteroatoms. The molecule has 0 aliphatic carbocycles. The van der Waals surface area contributed by atoms with E-state index in [1.54, 1.807) is 26.0 Å². The summed E-state index contributed by atoms with van der Waals surface area (Å²) >= 11 is 1.06. The summed E-state index contributed by atoms with van der Waals surface area (Å²) in [6.45, 7) is 5.69. The molecule has 1 aromatic heterocycles. The second kappa shape index (κ2) is 7.75. The molecule has 0 saturated carbocycles. The summed E-state index contributed by atoms with van der Waals surface area (Å²) < 4.78 is 4.99. The van der Waals surface area contributed by atoms with Crippen LogP contribution in [-0.4, -0.2) is 18.5 Å². The number of esters is 1. The number of ether oxygens (including phenoxy) is 1. The van der Waals surface area contributed by atoms with E-state index in [1.807, 2.05) is 25.1 Å². The molecule has 0 aliphatic rings. The quantitative estimate of drug-likeness (QED) is 0.835. The van der Waals surface area contributed by atoms with E-state index in [1.165, 1.54) is 0 Å². The molecule has 1 heterocycles. The molecular formula is C18H18N2O3S. The Hall–Kier alpha value is -2.65. The van der Waals surface area contributed by atoms with Crippen molar-refractivity contribution >= 4 is 28.2 Å². The summed E-state index contributed by atoms with van der Waals surface area (Å²) in [5.41, 5.74) is 2.46. The highest BCUT2D eigenvalue weighted by Crippen LogP contribution is 2.33. The van der Waals surface area contributed by atoms with Crippen LogP contribution < -0.4 is 5.32 Å². The van der Waals surface area contributed by atoms with Crippen LogP contribution in [0.4, 0.5) is 5.00 Å². The number of amides is 1. The second-order valence-corrected chi connectivity index (χ2v) is 6.12. The third-order valence-electron chi connectivity index (χ3n) is 3.57. The zero-order valence-electron chi connectivity index (χ0n) is 13.8. The summed E-state index contributed by atoms with van der Waals surface area (Å²) in [7, 11) is 0. The molecule has 1 amide bonds. The Morgan fingerprint density at radius 3 is 2.46 bits per heavy atom. The molecule has 0 spiro atoms. The van der Waals surface area contributed by atoms with Crippen molar-refractivity contribution in [3.63, 3.8) is 0 Å². The van der Waals surface area contributed by atoms with E-state index in [4.69, 9.17) is 4.74 Å². The van der Waals surface area contributed by atoms with E-state index >= 15 is 0 Å². The molecule has 24 heavy (non-hydrogen) atoms. The predicted molar refractivity (Wildman–Crippen MR) is 93.5 cm³/mol. The van der Waals surface area contributed by atoms with E-state index in [0.717, 1.165) is 23.3 Å². The van der Waals surface area contributed by atoms with Crippen LogP contribution in [-0.2, 0) is 11.2 Å². The zero-order chi connectivity index (χ0) is 17.7. The molecule has 0 radical (unpaired) electrons. The van der Waals surface area contributed by atoms with Gasteiger partial charge in [0.05, 0.1) is 12.2 Å². The number of rotatable bonds is 5. The minimum absolute atomic E-state index is 0.254. The molecule has 0 saturated heterocycles. The summed E-state index contributed by atoms with van der Waals surface area (Å²) in [6.07, 6.45) is 0.896. The lowest BCUT2D eigenvalue weighted by Gasteiger charge is -2.04. The summed E-state index contributed by atoms with van der Waals surface area (Å²) in [6, 6.07) is 9.32. The Kier molecular flexibility index (Phi) is 5.72. The fourth-order valence-corrected chi connectivity index (χ4v) is 3.24. The Morgan fingerprint density at radius 2 is 1.92 bits per heavy atom. The van der Waals surface area contributed by atoms with Gasteiger partial charge in [0.15, 0.2) is 0 Å². The van der Waals surface area contributed by atoms with Crippen molar-refractivity contribution in [1.29, 1.82) is 5.26 Å². The second-order valence-electron chi connectivity index (χ2n) is 5.10. The van der Waals surface area contributed by atoms with Crippen molar-refractivity contribution in [3.8, 4) is 6.07 Å². The molecule has 0 unspecified atom stereocenters. The maximum absolute atomic E-state index is 12.4. The molecule has 1 aromatic carbocycles. The summed E-state index contributed by atoms with van der Waals surface area (Å²) in [5.74, 6) is -0.796. The maximum atomic E-state index is 12.4. The Balaban J connectivity index is 2.28. The van der Waals surface area contributed by atoms with Crippen molar-refractivity contribution in [2.24, 2.45) is 0 Å². The predicted octanol–water partition coefficient (Wildman–Crippen LogP) is 3.92. The van der Waals surface area contributed by atoms with Crippen LogP contribution in [0.1, 0.15) is 50.6 Å². The van der Waals surface area contributed by atoms with Crippen LogP contribution in [0.3, 0.4) is 0 Å². The molecule has 124 valence electrons. The number of nitrogens with zero attached hydrogens (tertiary/aromatic N) is 1. The van der Waals surface area contributed by atoms with Gasteiger partial charge in [-0.15, -0.1) is 11.3 Å². The first-order valence-corrected chi connectivity index (χ1v) is 8.44. The van der Waals surface area contributed by atoms with Crippen LogP contribution in [0, 0.1) is 18.3 Å². The third kappa shape index (κ3) is 3.63. The fraction of sp³-hybridized carbons (Fsp3) is 0.278. The highest BCUT2D eigenvalue weighted by molar-refractivity contribution is 7.18. The Labute approximate surface area is 144 Å². The number of thiophene rings is 1. The summed E-state index contributed by atoms with van der Waals surface area (Å²) in [4.78, 5) is 24.6. The molecule has 5 nitrogen and oxygen atoms in total. The maximum Gasteiger partial charge on any atom is 0.348 e. The van der Waals surface area contributed by atoms with Gasteiger partial charge in [0.1, 0.15) is 15.9 Å². The molecular weight excluding hydrogens is 324 g/mol. The van der Waals surface area contributed by atoms with Gasteiger partial charge in [-0.3, -0.25) is 4.79 Å². The van der Waals surface area contributed by atoms with Crippen molar-refractivity contribution in [3.05, 3.63) is 51.4 Å². The van der Waals surface area contributed by atoms with Gasteiger partial charge in [-0.05, 0) is 43.5 Å². The average molecular weight is 342 g/mol. The van der Waals surface area contributed by atoms with Gasteiger partial charge in [0.2, 0.25) is 0 Å². The molecule has 2 aromatic rings. The number of anilines is 1. The van der Waals surface area contributed by atoms with E-state index in [-0.39, 0.29) is 12.5 Å². The van der Waals surface area contributed by atoms with Crippen LogP contribution in [0.2, 0.25) is 0 Å². The topological polar surface area (TPSA) is 79.2 Å². The number of hydrogen-bond donors (Lipinski definition) is 1. The number of benzene rings is 1. The van der Waals surface area contributed by atoms with Gasteiger partial charge in [0.25, 0.3) is 5.91 Å². The average Bonchev–Trinajstić information content (AvgIpc) is 2.90. The molecule has 2 rings (SSSR count). The molecule has 0 bridgehead atoms. The van der Waals surface area contributed by atoms with Gasteiger partial charge >= 0.3 is 5.97 Å². The molecule has 1 N–H and O–H groups in total. The van der Waals surface area contributed by atoms with Gasteiger partial charge in [0, 0.05) is 5.56 Å². The van der Waals surface area contributed by atoms with Crippen LogP contribution in [0.25, 0.3) is 0 Å². The number of aryl methyl sites for hydroxylation is 1. The van der Waals surface area contributed by atoms with Crippen LogP contribution >= 0.6 is 11.3 Å². The number of carbonyl (C=O) groups excluding carboxylic acids is 2. The zero-order valence-corrected chi connectivity index (χ0v) is 14.6. The minimum Gasteiger partial charge on any atom is -0.462 e. The van der Waals surface area contributed by atoms with Crippen molar-refractivity contribution in [2.75, 3.05) is 11.9 Å². The van der Waals surface area contributed by atoms with Gasteiger partial charge in [-0.25, -0.2) is 4.79 Å². The molecule has 0 atom stereocenters. The first-order chi connectivity index (χ1) is 11.5. The number of hydrogen-bond acceptors (Lipinski definition) is 5. The largest absolute Gasteiger partial charge is 0.462 e. The van der Waals surface area contributed by atoms with E-state index < -0.39 is 5.97 Å². The normalized spacial score (nSPS) is 10.1. The van der Waals surface area contributed by atoms with Gasteiger partial charge in [-0.1, -0.05) is 19.1 Å². The lowest BCUT2D eigenvalue weighted by molar-refractivity contribution is 0.0531. The minimum atomic E-state index is -0.482. The highest BCUT2D eigenvalue weighted by Gasteiger charge is 2.22. The van der Waals surface area contributed by atoms with Crippen LogP contribution in [0.5, 0.6) is 0 Å². The smallest absolute Gasteiger partial charge is 0.348 e. The Morgan fingerprint density at radius 1 is 1.25 bits per heavy atom. The number of nitriles is 1. The fourth-order valence-electron chi connectivity index (χ4n) is 2.19. The molecule has 0 fully saturated rings. The SMILES string of the molecule is CCOC(=O)c1sc(NC(=O)c2ccc(CC)cc2)c(C#N)c1C. The van der Waals surface area contributed by atoms with E-state index in [9.17, 15) is 14.9 Å². The van der Waals surface area contributed by atoms with Crippen LogP contribution in [0.15, 0.2) is 24.3 Å². The summed E-state index contributed by atoms with van der Waals surface area (Å²) in [5, 5.41) is 12.4. The first-order valence-electron chi connectivity index (χ1n) is 7.62. The number of nitrogens with one attached hydrogen (secondary N) is 1. The third-order valence-corrected chi connectivity index (χ3v) is 4.76. The van der Waals surface area contributed by atoms with Crippen molar-refractivity contribution < 1.29 is 14.3 Å². The Bertz CT molecular complexity index is 801. The first kappa shape index (κ1) is 17.7.